The third-order valence-electron chi connectivity index (χ3n) is 3.29. The van der Waals surface area contributed by atoms with Crippen molar-refractivity contribution < 1.29 is 23.0 Å². The lowest BCUT2D eigenvalue weighted by molar-refractivity contribution is -0.123. The van der Waals surface area contributed by atoms with Gasteiger partial charge in [-0.05, 0) is 54.8 Å². The predicted octanol–water partition coefficient (Wildman–Crippen LogP) is 4.09. The van der Waals surface area contributed by atoms with E-state index in [1.165, 1.54) is 6.21 Å². The van der Waals surface area contributed by atoms with Crippen LogP contribution in [0.15, 0.2) is 41.5 Å². The lowest BCUT2D eigenvalue weighted by Gasteiger charge is -2.11. The molecule has 0 radical (unpaired) electrons. The molecule has 8 heteroatoms. The van der Waals surface area contributed by atoms with Gasteiger partial charge in [0.05, 0.1) is 11.2 Å². The molecule has 0 unspecified atom stereocenters. The summed E-state index contributed by atoms with van der Waals surface area (Å²) in [6, 6.07) is 10.0. The second kappa shape index (κ2) is 9.15. The van der Waals surface area contributed by atoms with Gasteiger partial charge >= 0.3 is 6.61 Å². The van der Waals surface area contributed by atoms with Gasteiger partial charge in [-0.1, -0.05) is 23.7 Å². The maximum Gasteiger partial charge on any atom is 0.387 e. The van der Waals surface area contributed by atoms with E-state index in [1.54, 1.807) is 50.2 Å². The number of alkyl halides is 2. The van der Waals surface area contributed by atoms with Crippen molar-refractivity contribution >= 4 is 23.7 Å². The summed E-state index contributed by atoms with van der Waals surface area (Å²) in [5.74, 6) is 0.0655. The minimum Gasteiger partial charge on any atom is -0.482 e. The molecule has 0 bridgehead atoms. The van der Waals surface area contributed by atoms with E-state index in [9.17, 15) is 13.6 Å². The van der Waals surface area contributed by atoms with Crippen LogP contribution in [0.5, 0.6) is 11.5 Å². The highest BCUT2D eigenvalue weighted by atomic mass is 35.5. The van der Waals surface area contributed by atoms with E-state index < -0.39 is 12.5 Å². The molecule has 0 heterocycles. The maximum absolute atomic E-state index is 12.4. The first-order chi connectivity index (χ1) is 12.4. The Morgan fingerprint density at radius 3 is 2.54 bits per heavy atom. The number of amides is 1. The number of carbonyl (C=O) groups excluding carboxylic acids is 1. The quantitative estimate of drug-likeness (QED) is 0.579. The number of hydrogen-bond donors (Lipinski definition) is 1. The van der Waals surface area contributed by atoms with Crippen LogP contribution >= 0.6 is 11.6 Å². The monoisotopic (exact) mass is 382 g/mol. The number of nitrogens with one attached hydrogen (secondary N) is 1. The van der Waals surface area contributed by atoms with Crippen LogP contribution in [-0.4, -0.2) is 25.3 Å². The molecule has 1 N–H and O–H groups in total. The summed E-state index contributed by atoms with van der Waals surface area (Å²) in [6.45, 7) is 0.167. The van der Waals surface area contributed by atoms with Gasteiger partial charge in [-0.25, -0.2) is 5.43 Å². The molecule has 0 aromatic heterocycles. The number of carbonyl (C=O) groups is 1. The summed E-state index contributed by atoms with van der Waals surface area (Å²) in [4.78, 5) is 11.7. The van der Waals surface area contributed by atoms with Crippen LogP contribution in [0.4, 0.5) is 8.78 Å². The van der Waals surface area contributed by atoms with E-state index in [4.69, 9.17) is 16.3 Å². The topological polar surface area (TPSA) is 59.9 Å². The maximum atomic E-state index is 12.4. The smallest absolute Gasteiger partial charge is 0.387 e. The average Bonchev–Trinajstić information content (AvgIpc) is 2.57. The Bertz CT molecular complexity index is 790. The largest absolute Gasteiger partial charge is 0.482 e. The summed E-state index contributed by atoms with van der Waals surface area (Å²) in [5, 5.41) is 4.23. The number of hydrogen-bond acceptors (Lipinski definition) is 4. The fraction of sp³-hybridized carbons (Fsp3) is 0.222. The van der Waals surface area contributed by atoms with Crippen LogP contribution in [0.25, 0.3) is 0 Å². The van der Waals surface area contributed by atoms with Gasteiger partial charge in [-0.2, -0.15) is 13.9 Å². The van der Waals surface area contributed by atoms with Gasteiger partial charge in [0.1, 0.15) is 11.5 Å². The molecule has 0 aliphatic heterocycles. The second-order valence-corrected chi connectivity index (χ2v) is 5.78. The zero-order valence-electron chi connectivity index (χ0n) is 14.1. The number of para-hydroxylation sites is 1. The van der Waals surface area contributed by atoms with Crippen LogP contribution in [0.1, 0.15) is 16.7 Å². The number of ether oxygens (including phenoxy) is 2. The molecular formula is C18H17ClF2N2O3. The Morgan fingerprint density at radius 2 is 1.92 bits per heavy atom. The third-order valence-corrected chi connectivity index (χ3v) is 3.60. The molecule has 2 rings (SSSR count). The first kappa shape index (κ1) is 19.7. The zero-order valence-corrected chi connectivity index (χ0v) is 14.9. The Kier molecular flexibility index (Phi) is 6.91. The number of hydrazone groups is 1. The van der Waals surface area contributed by atoms with E-state index in [2.05, 4.69) is 15.3 Å². The molecule has 26 heavy (non-hydrogen) atoms. The van der Waals surface area contributed by atoms with Crippen LogP contribution in [-0.2, 0) is 4.79 Å². The van der Waals surface area contributed by atoms with Crippen molar-refractivity contribution in [3.8, 4) is 11.5 Å². The lowest BCUT2D eigenvalue weighted by Crippen LogP contribution is -2.24. The Balaban J connectivity index is 1.91. The number of benzene rings is 2. The molecule has 0 aliphatic rings. The van der Waals surface area contributed by atoms with Gasteiger partial charge < -0.3 is 9.47 Å². The highest BCUT2D eigenvalue weighted by molar-refractivity contribution is 6.32. The Labute approximate surface area is 154 Å². The lowest BCUT2D eigenvalue weighted by atomic mass is 10.1. The zero-order chi connectivity index (χ0) is 19.1. The van der Waals surface area contributed by atoms with Gasteiger partial charge in [0.15, 0.2) is 6.61 Å². The van der Waals surface area contributed by atoms with E-state index in [0.717, 1.165) is 0 Å². The fourth-order valence-corrected chi connectivity index (χ4v) is 2.44. The molecule has 2 aromatic rings. The van der Waals surface area contributed by atoms with Crippen molar-refractivity contribution in [1.82, 2.24) is 5.43 Å². The van der Waals surface area contributed by atoms with E-state index in [0.29, 0.717) is 27.5 Å². The summed E-state index contributed by atoms with van der Waals surface area (Å²) in [5.41, 5.74) is 4.03. The van der Waals surface area contributed by atoms with Gasteiger partial charge in [0.25, 0.3) is 5.91 Å². The Morgan fingerprint density at radius 1 is 1.27 bits per heavy atom. The van der Waals surface area contributed by atoms with Crippen LogP contribution in [0.2, 0.25) is 5.02 Å². The summed E-state index contributed by atoms with van der Waals surface area (Å²) >= 11 is 5.92. The van der Waals surface area contributed by atoms with Crippen molar-refractivity contribution in [2.45, 2.75) is 20.5 Å². The molecule has 0 aliphatic carbocycles. The summed E-state index contributed by atoms with van der Waals surface area (Å²) in [7, 11) is 0. The van der Waals surface area contributed by atoms with E-state index in [1.807, 2.05) is 0 Å². The first-order valence-corrected chi connectivity index (χ1v) is 8.00. The van der Waals surface area contributed by atoms with Crippen LogP contribution in [0, 0.1) is 13.8 Å². The molecule has 0 saturated heterocycles. The van der Waals surface area contributed by atoms with Crippen molar-refractivity contribution in [3.05, 3.63) is 58.1 Å². The minimum atomic E-state index is -2.88. The van der Waals surface area contributed by atoms with Gasteiger partial charge in [-0.3, -0.25) is 4.79 Å². The molecular weight excluding hydrogens is 366 g/mol. The van der Waals surface area contributed by atoms with Crippen molar-refractivity contribution in [2.24, 2.45) is 5.10 Å². The fourth-order valence-electron chi connectivity index (χ4n) is 2.25. The molecule has 138 valence electrons. The van der Waals surface area contributed by atoms with Gasteiger partial charge in [0.2, 0.25) is 0 Å². The SMILES string of the molecule is Cc1cc(/C=N\NC(=O)COc2ccccc2Cl)cc(C)c1OC(F)F. The van der Waals surface area contributed by atoms with Crippen LogP contribution < -0.4 is 14.9 Å². The number of halogens is 3. The first-order valence-electron chi connectivity index (χ1n) is 7.62. The average molecular weight is 383 g/mol. The van der Waals surface area contributed by atoms with Gasteiger partial charge in [-0.15, -0.1) is 0 Å². The third kappa shape index (κ3) is 5.70. The predicted molar refractivity (Wildman–Crippen MR) is 95.2 cm³/mol. The molecule has 0 fully saturated rings. The number of nitrogens with zero attached hydrogens (tertiary/aromatic N) is 1. The second-order valence-electron chi connectivity index (χ2n) is 5.37. The highest BCUT2D eigenvalue weighted by Crippen LogP contribution is 2.26. The number of rotatable bonds is 7. The molecule has 2 aromatic carbocycles. The molecule has 1 amide bonds. The van der Waals surface area contributed by atoms with Crippen molar-refractivity contribution in [2.75, 3.05) is 6.61 Å². The summed E-state index contributed by atoms with van der Waals surface area (Å²) in [6.07, 6.45) is 1.40. The molecule has 0 spiro atoms. The molecule has 0 atom stereocenters. The van der Waals surface area contributed by atoms with Crippen LogP contribution in [0.3, 0.4) is 0 Å². The van der Waals surface area contributed by atoms with E-state index in [-0.39, 0.29) is 12.4 Å². The Hall–Kier alpha value is -2.67. The normalized spacial score (nSPS) is 11.0. The van der Waals surface area contributed by atoms with Crippen molar-refractivity contribution in [3.63, 3.8) is 0 Å². The summed E-state index contributed by atoms with van der Waals surface area (Å²) < 4.78 is 34.5. The van der Waals surface area contributed by atoms with Crippen molar-refractivity contribution in [1.29, 1.82) is 0 Å². The minimum absolute atomic E-state index is 0.134. The standard InChI is InChI=1S/C18H17ClF2N2O3/c1-11-7-13(8-12(2)17(11)26-18(20)21)9-22-23-16(24)10-25-15-6-4-3-5-14(15)19/h3-9,18H,10H2,1-2H3,(H,23,24)/b22-9-. The molecule has 0 saturated carbocycles. The van der Waals surface area contributed by atoms with Gasteiger partial charge in [0, 0.05) is 0 Å². The number of aryl methyl sites for hydroxylation is 2. The molecule has 5 nitrogen and oxygen atoms in total. The highest BCUT2D eigenvalue weighted by Gasteiger charge is 2.11. The van der Waals surface area contributed by atoms with E-state index >= 15 is 0 Å².